The maximum Gasteiger partial charge on any atom is 0.416 e. The number of nitrogens with one attached hydrogen (secondary N) is 2. The third-order valence-electron chi connectivity index (χ3n) is 4.45. The molecule has 0 bridgehead atoms. The second-order valence-corrected chi connectivity index (χ2v) is 8.75. The minimum atomic E-state index is -4.56. The van der Waals surface area contributed by atoms with Crippen molar-refractivity contribution in [3.63, 3.8) is 0 Å². The van der Waals surface area contributed by atoms with Crippen LogP contribution in [0.25, 0.3) is 0 Å². The normalized spacial score (nSPS) is 12.2. The maximum absolute atomic E-state index is 13.0. The molecule has 0 heterocycles. The molecule has 0 radical (unpaired) electrons. The summed E-state index contributed by atoms with van der Waals surface area (Å²) in [5, 5.41) is 4.46. The number of rotatable bonds is 6. The van der Waals surface area contributed by atoms with Crippen LogP contribution >= 0.6 is 23.4 Å². The van der Waals surface area contributed by atoms with E-state index in [1.165, 1.54) is 36.0 Å². The molecule has 3 rings (SSSR count). The lowest BCUT2D eigenvalue weighted by Crippen LogP contribution is -2.22. The highest BCUT2D eigenvalue weighted by molar-refractivity contribution is 8.00. The average Bonchev–Trinajstić information content (AvgIpc) is 2.76. The Balaban J connectivity index is 1.60. The molecule has 2 N–H and O–H groups in total. The van der Waals surface area contributed by atoms with Crippen LogP contribution in [0.2, 0.25) is 5.02 Å². The van der Waals surface area contributed by atoms with Gasteiger partial charge in [-0.25, -0.2) is 4.39 Å². The first-order valence-electron chi connectivity index (χ1n) is 9.54. The van der Waals surface area contributed by atoms with Crippen LogP contribution in [0.5, 0.6) is 0 Å². The Hall–Kier alpha value is -3.04. The first kappa shape index (κ1) is 24.6. The molecule has 0 aliphatic heterocycles. The Morgan fingerprint density at radius 1 is 0.939 bits per heavy atom. The Labute approximate surface area is 196 Å². The molecule has 0 saturated heterocycles. The van der Waals surface area contributed by atoms with Crippen molar-refractivity contribution >= 4 is 46.6 Å². The fraction of sp³-hybridized carbons (Fsp3) is 0.130. The lowest BCUT2D eigenvalue weighted by atomic mass is 10.2. The van der Waals surface area contributed by atoms with Crippen LogP contribution in [0.3, 0.4) is 0 Å². The molecule has 0 saturated carbocycles. The van der Waals surface area contributed by atoms with Crippen molar-refractivity contribution in [1.82, 2.24) is 0 Å². The molecule has 3 aromatic carbocycles. The van der Waals surface area contributed by atoms with E-state index in [2.05, 4.69) is 10.6 Å². The second-order valence-electron chi connectivity index (χ2n) is 6.93. The van der Waals surface area contributed by atoms with Gasteiger partial charge in [0.2, 0.25) is 5.91 Å². The predicted octanol–water partition coefficient (Wildman–Crippen LogP) is 6.87. The highest BCUT2D eigenvalue weighted by atomic mass is 35.5. The van der Waals surface area contributed by atoms with Gasteiger partial charge in [0.25, 0.3) is 5.91 Å². The first-order valence-corrected chi connectivity index (χ1v) is 10.8. The van der Waals surface area contributed by atoms with Crippen molar-refractivity contribution in [2.75, 3.05) is 10.6 Å². The van der Waals surface area contributed by atoms with Crippen molar-refractivity contribution in [2.45, 2.75) is 23.2 Å². The highest BCUT2D eigenvalue weighted by Crippen LogP contribution is 2.34. The quantitative estimate of drug-likeness (QED) is 0.289. The van der Waals surface area contributed by atoms with Gasteiger partial charge in [0.15, 0.2) is 0 Å². The molecule has 33 heavy (non-hydrogen) atoms. The predicted molar refractivity (Wildman–Crippen MR) is 121 cm³/mol. The topological polar surface area (TPSA) is 58.2 Å². The largest absolute Gasteiger partial charge is 0.416 e. The van der Waals surface area contributed by atoms with Crippen molar-refractivity contribution in [1.29, 1.82) is 0 Å². The Kier molecular flexibility index (Phi) is 7.65. The van der Waals surface area contributed by atoms with Gasteiger partial charge in [-0.2, -0.15) is 13.2 Å². The lowest BCUT2D eigenvalue weighted by Gasteiger charge is -2.15. The molecule has 1 atom stereocenters. The van der Waals surface area contributed by atoms with Crippen LogP contribution in [-0.4, -0.2) is 17.1 Å². The zero-order chi connectivity index (χ0) is 24.2. The van der Waals surface area contributed by atoms with Crippen LogP contribution in [0.4, 0.5) is 28.9 Å². The minimum absolute atomic E-state index is 0.00482. The van der Waals surface area contributed by atoms with E-state index in [0.717, 1.165) is 18.2 Å². The number of anilines is 2. The van der Waals surface area contributed by atoms with Gasteiger partial charge < -0.3 is 10.6 Å². The molecule has 0 aliphatic carbocycles. The monoisotopic (exact) mass is 496 g/mol. The molecular formula is C23H17ClF4N2O2S. The smallest absolute Gasteiger partial charge is 0.324 e. The molecule has 0 aliphatic rings. The SMILES string of the molecule is CC(Sc1ccc(NC(=O)c2ccc(F)cc2)cc1)C(=O)Nc1cc(C(F)(F)F)ccc1Cl. The molecule has 0 aromatic heterocycles. The van der Waals surface area contributed by atoms with Crippen LogP contribution in [0.1, 0.15) is 22.8 Å². The number of amides is 2. The van der Waals surface area contributed by atoms with Crippen molar-refractivity contribution < 1.29 is 27.2 Å². The molecule has 3 aromatic rings. The summed E-state index contributed by atoms with van der Waals surface area (Å²) in [6.07, 6.45) is -4.56. The van der Waals surface area contributed by atoms with E-state index in [9.17, 15) is 27.2 Å². The van der Waals surface area contributed by atoms with E-state index in [1.807, 2.05) is 0 Å². The van der Waals surface area contributed by atoms with E-state index < -0.39 is 34.6 Å². The summed E-state index contributed by atoms with van der Waals surface area (Å²) in [5.74, 6) is -1.36. The molecule has 10 heteroatoms. The second kappa shape index (κ2) is 10.3. The van der Waals surface area contributed by atoms with Crippen molar-refractivity contribution in [3.05, 3.63) is 88.7 Å². The molecule has 4 nitrogen and oxygen atoms in total. The molecule has 1 unspecified atom stereocenters. The molecule has 0 spiro atoms. The zero-order valence-corrected chi connectivity index (χ0v) is 18.6. The summed E-state index contributed by atoms with van der Waals surface area (Å²) >= 11 is 7.10. The molecule has 172 valence electrons. The van der Waals surface area contributed by atoms with Gasteiger partial charge in [-0.1, -0.05) is 11.6 Å². The van der Waals surface area contributed by atoms with Gasteiger partial charge >= 0.3 is 6.18 Å². The van der Waals surface area contributed by atoms with Gasteiger partial charge in [-0.3, -0.25) is 9.59 Å². The summed E-state index contributed by atoms with van der Waals surface area (Å²) in [7, 11) is 0. The van der Waals surface area contributed by atoms with E-state index >= 15 is 0 Å². The summed E-state index contributed by atoms with van der Waals surface area (Å²) < 4.78 is 51.7. The van der Waals surface area contributed by atoms with E-state index in [4.69, 9.17) is 11.6 Å². The summed E-state index contributed by atoms with van der Waals surface area (Å²) in [4.78, 5) is 25.4. The maximum atomic E-state index is 13.0. The van der Waals surface area contributed by atoms with Gasteiger partial charge in [-0.15, -0.1) is 11.8 Å². The third-order valence-corrected chi connectivity index (χ3v) is 5.89. The third kappa shape index (κ3) is 6.72. The molecule has 2 amide bonds. The van der Waals surface area contributed by atoms with Crippen LogP contribution in [0, 0.1) is 5.82 Å². The van der Waals surface area contributed by atoms with Gasteiger partial charge in [-0.05, 0) is 73.7 Å². The number of halogens is 5. The Morgan fingerprint density at radius 3 is 2.18 bits per heavy atom. The van der Waals surface area contributed by atoms with Gasteiger partial charge in [0.05, 0.1) is 21.5 Å². The van der Waals surface area contributed by atoms with E-state index in [1.54, 1.807) is 31.2 Å². The zero-order valence-electron chi connectivity index (χ0n) is 17.0. The molecular weight excluding hydrogens is 480 g/mol. The van der Waals surface area contributed by atoms with E-state index in [0.29, 0.717) is 16.1 Å². The van der Waals surface area contributed by atoms with Gasteiger partial charge in [0, 0.05) is 16.1 Å². The summed E-state index contributed by atoms with van der Waals surface area (Å²) in [6.45, 7) is 1.60. The summed E-state index contributed by atoms with van der Waals surface area (Å²) in [5.41, 5.74) is -0.238. The number of hydrogen-bond acceptors (Lipinski definition) is 3. The first-order chi connectivity index (χ1) is 15.5. The van der Waals surface area contributed by atoms with Crippen LogP contribution in [-0.2, 0) is 11.0 Å². The summed E-state index contributed by atoms with van der Waals surface area (Å²) in [6, 6.07) is 14.5. The number of benzene rings is 3. The Bertz CT molecular complexity index is 1150. The highest BCUT2D eigenvalue weighted by Gasteiger charge is 2.31. The molecule has 0 fully saturated rings. The van der Waals surface area contributed by atoms with Gasteiger partial charge in [0.1, 0.15) is 5.82 Å². The lowest BCUT2D eigenvalue weighted by molar-refractivity contribution is -0.137. The number of alkyl halides is 3. The van der Waals surface area contributed by atoms with Crippen LogP contribution in [0.15, 0.2) is 71.6 Å². The van der Waals surface area contributed by atoms with Crippen molar-refractivity contribution in [2.24, 2.45) is 0 Å². The number of carbonyl (C=O) groups is 2. The average molecular weight is 497 g/mol. The van der Waals surface area contributed by atoms with E-state index in [-0.39, 0.29) is 10.7 Å². The Morgan fingerprint density at radius 2 is 1.58 bits per heavy atom. The number of thioether (sulfide) groups is 1. The minimum Gasteiger partial charge on any atom is -0.324 e. The number of carbonyl (C=O) groups excluding carboxylic acids is 2. The van der Waals surface area contributed by atoms with Crippen LogP contribution < -0.4 is 10.6 Å². The fourth-order valence-corrected chi connectivity index (χ4v) is 3.74. The van der Waals surface area contributed by atoms with Crippen molar-refractivity contribution in [3.8, 4) is 0 Å². The fourth-order valence-electron chi connectivity index (χ4n) is 2.71. The number of hydrogen-bond donors (Lipinski definition) is 2. The standard InChI is InChI=1S/C23H17ClF4N2O2S/c1-13(21(31)30-20-12-15(23(26,27)28)4-11-19(20)24)33-18-9-7-17(8-10-18)29-22(32)14-2-5-16(25)6-3-14/h2-13H,1H3,(H,29,32)(H,30,31).